The number of hydrogen-bond acceptors (Lipinski definition) is 2. The molecule has 4 heteroatoms. The van der Waals surface area contributed by atoms with Gasteiger partial charge in [0, 0.05) is 21.2 Å². The van der Waals surface area contributed by atoms with E-state index in [1.165, 1.54) is 0 Å². The van der Waals surface area contributed by atoms with E-state index in [0.29, 0.717) is 0 Å². The van der Waals surface area contributed by atoms with E-state index < -0.39 is 0 Å². The Morgan fingerprint density at radius 3 is 2.71 bits per heavy atom. The van der Waals surface area contributed by atoms with Gasteiger partial charge >= 0.3 is 0 Å². The van der Waals surface area contributed by atoms with Crippen molar-refractivity contribution < 1.29 is 0 Å². The van der Waals surface area contributed by atoms with Crippen molar-refractivity contribution in [3.8, 4) is 0 Å². The molecule has 0 aliphatic rings. The number of pyridine rings is 1. The Labute approximate surface area is 102 Å². The summed E-state index contributed by atoms with van der Waals surface area (Å²) >= 11 is 6.96. The zero-order chi connectivity index (χ0) is 10.7. The van der Waals surface area contributed by atoms with Crippen molar-refractivity contribution in [2.24, 2.45) is 5.73 Å². The first-order chi connectivity index (χ1) is 6.57. The minimum absolute atomic E-state index is 0.0289. The SMILES string of the molecule is CCC[C@H](N)c1ncc(Br)c(C)c1Br. The van der Waals surface area contributed by atoms with Crippen LogP contribution in [-0.4, -0.2) is 4.98 Å². The van der Waals surface area contributed by atoms with Crippen LogP contribution in [0.1, 0.15) is 37.1 Å². The number of rotatable bonds is 3. The molecule has 0 spiro atoms. The van der Waals surface area contributed by atoms with Crippen LogP contribution in [0.15, 0.2) is 15.1 Å². The summed E-state index contributed by atoms with van der Waals surface area (Å²) in [6, 6.07) is 0.0289. The van der Waals surface area contributed by atoms with Crippen molar-refractivity contribution in [3.63, 3.8) is 0 Å². The molecule has 78 valence electrons. The third kappa shape index (κ3) is 2.55. The van der Waals surface area contributed by atoms with Crippen LogP contribution >= 0.6 is 31.9 Å². The van der Waals surface area contributed by atoms with Crippen LogP contribution in [0.3, 0.4) is 0 Å². The summed E-state index contributed by atoms with van der Waals surface area (Å²) in [5, 5.41) is 0. The number of nitrogens with zero attached hydrogens (tertiary/aromatic N) is 1. The van der Waals surface area contributed by atoms with E-state index in [-0.39, 0.29) is 6.04 Å². The highest BCUT2D eigenvalue weighted by atomic mass is 79.9. The van der Waals surface area contributed by atoms with Gasteiger partial charge < -0.3 is 5.73 Å². The molecule has 1 atom stereocenters. The van der Waals surface area contributed by atoms with E-state index >= 15 is 0 Å². The van der Waals surface area contributed by atoms with E-state index in [0.717, 1.165) is 33.0 Å². The van der Waals surface area contributed by atoms with Crippen molar-refractivity contribution >= 4 is 31.9 Å². The van der Waals surface area contributed by atoms with Crippen molar-refractivity contribution in [2.75, 3.05) is 0 Å². The lowest BCUT2D eigenvalue weighted by Crippen LogP contribution is -2.13. The standard InChI is InChI=1S/C10H14Br2N2/c1-3-4-8(13)10-9(12)6(2)7(11)5-14-10/h5,8H,3-4,13H2,1-2H3/t8-/m0/s1. The van der Waals surface area contributed by atoms with Crippen LogP contribution < -0.4 is 5.73 Å². The summed E-state index contributed by atoms with van der Waals surface area (Å²) in [6.45, 7) is 4.16. The molecule has 0 saturated heterocycles. The first-order valence-corrected chi connectivity index (χ1v) is 6.22. The predicted octanol–water partition coefficient (Wildman–Crippen LogP) is 3.71. The van der Waals surface area contributed by atoms with E-state index in [4.69, 9.17) is 5.73 Å². The second-order valence-electron chi connectivity index (χ2n) is 3.33. The average Bonchev–Trinajstić information content (AvgIpc) is 2.15. The highest BCUT2D eigenvalue weighted by molar-refractivity contribution is 9.11. The van der Waals surface area contributed by atoms with Gasteiger partial charge in [-0.1, -0.05) is 13.3 Å². The van der Waals surface area contributed by atoms with Gasteiger partial charge in [0.1, 0.15) is 0 Å². The molecule has 1 aromatic rings. The second-order valence-corrected chi connectivity index (χ2v) is 4.97. The molecule has 14 heavy (non-hydrogen) atoms. The Morgan fingerprint density at radius 1 is 1.50 bits per heavy atom. The topological polar surface area (TPSA) is 38.9 Å². The molecule has 0 unspecified atom stereocenters. The van der Waals surface area contributed by atoms with Gasteiger partial charge in [0.15, 0.2) is 0 Å². The molecule has 0 aromatic carbocycles. The van der Waals surface area contributed by atoms with Crippen molar-refractivity contribution in [2.45, 2.75) is 32.7 Å². The van der Waals surface area contributed by atoms with Gasteiger partial charge in [0.2, 0.25) is 0 Å². The molecule has 2 nitrogen and oxygen atoms in total. The zero-order valence-electron chi connectivity index (χ0n) is 8.35. The van der Waals surface area contributed by atoms with E-state index in [9.17, 15) is 0 Å². The molecule has 0 saturated carbocycles. The molecule has 1 rings (SSSR count). The average molecular weight is 322 g/mol. The number of halogens is 2. The normalized spacial score (nSPS) is 12.9. The molecule has 0 amide bonds. The van der Waals surface area contributed by atoms with Crippen LogP contribution in [0.2, 0.25) is 0 Å². The number of nitrogens with two attached hydrogens (primary N) is 1. The van der Waals surface area contributed by atoms with Gasteiger partial charge in [-0.05, 0) is 50.8 Å². The Balaban J connectivity index is 3.04. The Bertz CT molecular complexity index is 326. The molecule has 0 aliphatic heterocycles. The lowest BCUT2D eigenvalue weighted by molar-refractivity contribution is 0.618. The first-order valence-electron chi connectivity index (χ1n) is 4.64. The molecular weight excluding hydrogens is 308 g/mol. The van der Waals surface area contributed by atoms with Crippen LogP contribution in [0, 0.1) is 6.92 Å². The molecule has 0 radical (unpaired) electrons. The van der Waals surface area contributed by atoms with Crippen LogP contribution in [0.25, 0.3) is 0 Å². The fourth-order valence-electron chi connectivity index (χ4n) is 1.28. The van der Waals surface area contributed by atoms with Crippen LogP contribution in [0.4, 0.5) is 0 Å². The second kappa shape index (κ2) is 5.24. The van der Waals surface area contributed by atoms with Gasteiger partial charge in [0.05, 0.1) is 5.69 Å². The third-order valence-electron chi connectivity index (χ3n) is 2.18. The van der Waals surface area contributed by atoms with Crippen LogP contribution in [0.5, 0.6) is 0 Å². The minimum atomic E-state index is 0.0289. The summed E-state index contributed by atoms with van der Waals surface area (Å²) in [4.78, 5) is 4.34. The molecule has 1 aromatic heterocycles. The third-order valence-corrected chi connectivity index (χ3v) is 3.98. The predicted molar refractivity (Wildman–Crippen MR) is 66.2 cm³/mol. The maximum Gasteiger partial charge on any atom is 0.0716 e. The molecular formula is C10H14Br2N2. The van der Waals surface area contributed by atoms with Gasteiger partial charge in [-0.3, -0.25) is 4.98 Å². The van der Waals surface area contributed by atoms with Crippen molar-refractivity contribution in [3.05, 3.63) is 26.4 Å². The monoisotopic (exact) mass is 320 g/mol. The van der Waals surface area contributed by atoms with E-state index in [1.807, 2.05) is 13.1 Å². The summed E-state index contributed by atoms with van der Waals surface area (Å²) in [7, 11) is 0. The molecule has 0 aliphatic carbocycles. The maximum atomic E-state index is 6.02. The summed E-state index contributed by atoms with van der Waals surface area (Å²) in [5.74, 6) is 0. The first kappa shape index (κ1) is 12.1. The maximum absolute atomic E-state index is 6.02. The smallest absolute Gasteiger partial charge is 0.0716 e. The van der Waals surface area contributed by atoms with E-state index in [2.05, 4.69) is 43.8 Å². The zero-order valence-corrected chi connectivity index (χ0v) is 11.5. The minimum Gasteiger partial charge on any atom is -0.323 e. The molecule has 0 fully saturated rings. The Kier molecular flexibility index (Phi) is 4.54. The van der Waals surface area contributed by atoms with Gasteiger partial charge in [-0.15, -0.1) is 0 Å². The lowest BCUT2D eigenvalue weighted by Gasteiger charge is -2.13. The molecule has 0 bridgehead atoms. The highest BCUT2D eigenvalue weighted by Crippen LogP contribution is 2.30. The Morgan fingerprint density at radius 2 is 2.14 bits per heavy atom. The fourth-order valence-corrected chi connectivity index (χ4v) is 2.46. The molecule has 1 heterocycles. The van der Waals surface area contributed by atoms with Crippen LogP contribution in [-0.2, 0) is 0 Å². The van der Waals surface area contributed by atoms with Gasteiger partial charge in [0.25, 0.3) is 0 Å². The highest BCUT2D eigenvalue weighted by Gasteiger charge is 2.13. The Hall–Kier alpha value is 0.0700. The summed E-state index contributed by atoms with van der Waals surface area (Å²) < 4.78 is 2.03. The van der Waals surface area contributed by atoms with Gasteiger partial charge in [-0.2, -0.15) is 0 Å². The molecule has 2 N–H and O–H groups in total. The summed E-state index contributed by atoms with van der Waals surface area (Å²) in [5.41, 5.74) is 8.12. The van der Waals surface area contributed by atoms with Gasteiger partial charge in [-0.25, -0.2) is 0 Å². The number of hydrogen-bond donors (Lipinski definition) is 1. The van der Waals surface area contributed by atoms with Crippen molar-refractivity contribution in [1.29, 1.82) is 0 Å². The lowest BCUT2D eigenvalue weighted by atomic mass is 10.1. The quantitative estimate of drug-likeness (QED) is 0.921. The number of aromatic nitrogens is 1. The van der Waals surface area contributed by atoms with E-state index in [1.54, 1.807) is 0 Å². The largest absolute Gasteiger partial charge is 0.323 e. The fraction of sp³-hybridized carbons (Fsp3) is 0.500. The van der Waals surface area contributed by atoms with Crippen molar-refractivity contribution in [1.82, 2.24) is 4.98 Å². The summed E-state index contributed by atoms with van der Waals surface area (Å²) in [6.07, 6.45) is 3.85.